The maximum atomic E-state index is 13.5. The predicted molar refractivity (Wildman–Crippen MR) is 145 cm³/mol. The van der Waals surface area contributed by atoms with E-state index in [9.17, 15) is 19.0 Å². The molecule has 2 saturated carbocycles. The zero-order valence-corrected chi connectivity index (χ0v) is 22.9. The van der Waals surface area contributed by atoms with Gasteiger partial charge in [-0.2, -0.15) is 8.78 Å². The molecular weight excluding hydrogens is 481 g/mol. The number of halogens is 2. The number of nitrogens with two attached hydrogens (primary N) is 2. The Morgan fingerprint density at radius 2 is 1.92 bits per heavy atom. The van der Waals surface area contributed by atoms with E-state index in [1.807, 2.05) is 13.8 Å². The Bertz CT molecular complexity index is 965. The number of phenolic OH excluding ortho intramolecular Hbond substituents is 1. The number of aromatic hydroxyl groups is 1. The Morgan fingerprint density at radius 3 is 2.50 bits per heavy atom. The molecule has 2 unspecified atom stereocenters. The summed E-state index contributed by atoms with van der Waals surface area (Å²) in [7, 11) is 1.46. The lowest BCUT2D eigenvalue weighted by Gasteiger charge is -2.57. The number of hydrogen-bond acceptors (Lipinski definition) is 6. The second kappa shape index (κ2) is 11.7. The standard InChI is InChI=1S/C25H37F2N4O2P.C2H6/c1-15(23(29)20-5-4-17(8-21(20)33)25(26,27)34)7-22(28)30-18-3-2-6-31(14-18)13-16-9-24(10-16)11-19(32)12-24;1-2/h4-5,7-8,16,18-19,30,32-33H,2-3,6,9-14,28-29,34H2,1H3;1-2H3/b22-7+,23-15-;. The van der Waals surface area contributed by atoms with Crippen molar-refractivity contribution in [1.29, 1.82) is 0 Å². The van der Waals surface area contributed by atoms with Gasteiger partial charge in [0.2, 0.25) is 0 Å². The average Bonchev–Trinajstić information content (AvgIpc) is 2.77. The van der Waals surface area contributed by atoms with Crippen LogP contribution in [0.2, 0.25) is 0 Å². The average molecular weight is 525 g/mol. The zero-order chi connectivity index (χ0) is 26.7. The third kappa shape index (κ3) is 6.90. The van der Waals surface area contributed by atoms with Gasteiger partial charge >= 0.3 is 0 Å². The number of phenols is 1. The molecule has 0 bridgehead atoms. The number of piperidine rings is 1. The quantitative estimate of drug-likeness (QED) is 0.267. The number of aliphatic hydroxyl groups is 1. The molecule has 3 fully saturated rings. The van der Waals surface area contributed by atoms with Gasteiger partial charge in [-0.3, -0.25) is 0 Å². The molecule has 4 rings (SSSR count). The van der Waals surface area contributed by atoms with Crippen molar-refractivity contribution in [2.75, 3.05) is 19.6 Å². The fraction of sp³-hybridized carbons (Fsp3) is 0.630. The van der Waals surface area contributed by atoms with E-state index < -0.39 is 5.66 Å². The Labute approximate surface area is 216 Å². The lowest BCUT2D eigenvalue weighted by Crippen LogP contribution is -2.54. The number of likely N-dealkylation sites (tertiary alicyclic amines) is 1. The maximum absolute atomic E-state index is 13.5. The molecule has 2 aliphatic carbocycles. The van der Waals surface area contributed by atoms with Crippen LogP contribution in [-0.4, -0.2) is 46.9 Å². The van der Waals surface area contributed by atoms with Gasteiger partial charge in [0.25, 0.3) is 5.66 Å². The fourth-order valence-corrected chi connectivity index (χ4v) is 6.22. The molecule has 7 N–H and O–H groups in total. The second-order valence-electron chi connectivity index (χ2n) is 10.6. The molecule has 1 heterocycles. The highest BCUT2D eigenvalue weighted by molar-refractivity contribution is 7.17. The highest BCUT2D eigenvalue weighted by Gasteiger charge is 2.52. The van der Waals surface area contributed by atoms with Crippen LogP contribution >= 0.6 is 9.24 Å². The van der Waals surface area contributed by atoms with Crippen LogP contribution in [0.5, 0.6) is 5.75 Å². The molecule has 0 aromatic heterocycles. The zero-order valence-electron chi connectivity index (χ0n) is 21.7. The van der Waals surface area contributed by atoms with Gasteiger partial charge in [0.1, 0.15) is 5.75 Å². The SMILES string of the molecule is CC.CC(/C=C(\N)NC1CCCN(CC2CC3(CC(O)C3)C2)C1)=C(/N)c1ccc(C(F)(F)P)cc1O. The number of hydrogen-bond donors (Lipinski definition) is 5. The first-order chi connectivity index (χ1) is 16.9. The summed E-state index contributed by atoms with van der Waals surface area (Å²) in [6, 6.07) is 3.92. The van der Waals surface area contributed by atoms with Gasteiger partial charge in [0.05, 0.1) is 11.9 Å². The normalized spacial score (nSPS) is 29.4. The summed E-state index contributed by atoms with van der Waals surface area (Å²) in [5.41, 5.74) is 10.7. The maximum Gasteiger partial charge on any atom is 0.284 e. The van der Waals surface area contributed by atoms with Gasteiger partial charge in [-0.1, -0.05) is 29.2 Å². The first kappa shape index (κ1) is 28.7. The van der Waals surface area contributed by atoms with Crippen molar-refractivity contribution < 1.29 is 19.0 Å². The summed E-state index contributed by atoms with van der Waals surface area (Å²) in [4.78, 5) is 2.51. The van der Waals surface area contributed by atoms with Gasteiger partial charge in [0.15, 0.2) is 0 Å². The van der Waals surface area contributed by atoms with Crippen molar-refractivity contribution in [2.24, 2.45) is 22.8 Å². The van der Waals surface area contributed by atoms with Crippen molar-refractivity contribution in [3.63, 3.8) is 0 Å². The Morgan fingerprint density at radius 1 is 1.25 bits per heavy atom. The fourth-order valence-electron chi connectivity index (χ4n) is 6.04. The summed E-state index contributed by atoms with van der Waals surface area (Å²) in [6.07, 6.45) is 8.25. The second-order valence-corrected chi connectivity index (χ2v) is 11.4. The van der Waals surface area contributed by atoms with Crippen LogP contribution in [0.3, 0.4) is 0 Å². The van der Waals surface area contributed by atoms with Crippen LogP contribution in [0.15, 0.2) is 35.7 Å². The third-order valence-corrected chi connectivity index (χ3v) is 7.98. The molecule has 36 heavy (non-hydrogen) atoms. The summed E-state index contributed by atoms with van der Waals surface area (Å²) < 4.78 is 26.9. The Kier molecular flexibility index (Phi) is 9.29. The van der Waals surface area contributed by atoms with Crippen molar-refractivity contribution in [1.82, 2.24) is 10.2 Å². The van der Waals surface area contributed by atoms with E-state index in [4.69, 9.17) is 11.5 Å². The first-order valence-electron chi connectivity index (χ1n) is 13.1. The van der Waals surface area contributed by atoms with Crippen molar-refractivity contribution in [2.45, 2.75) is 77.1 Å². The van der Waals surface area contributed by atoms with E-state index in [1.54, 1.807) is 13.0 Å². The van der Waals surface area contributed by atoms with Crippen molar-refractivity contribution >= 4 is 14.9 Å². The van der Waals surface area contributed by atoms with Crippen LogP contribution in [0.1, 0.15) is 70.4 Å². The van der Waals surface area contributed by atoms with Gasteiger partial charge in [-0.15, -0.1) is 0 Å². The molecule has 3 aliphatic rings. The van der Waals surface area contributed by atoms with E-state index in [0.717, 1.165) is 57.3 Å². The molecule has 0 amide bonds. The number of allylic oxidation sites excluding steroid dienone is 2. The number of nitrogens with one attached hydrogen (secondary N) is 1. The molecule has 1 spiro atoms. The molecule has 1 aliphatic heterocycles. The van der Waals surface area contributed by atoms with Gasteiger partial charge < -0.3 is 31.9 Å². The van der Waals surface area contributed by atoms with E-state index in [1.165, 1.54) is 34.2 Å². The highest BCUT2D eigenvalue weighted by atomic mass is 31.0. The summed E-state index contributed by atoms with van der Waals surface area (Å²) in [6.45, 7) is 8.92. The molecule has 0 radical (unpaired) electrons. The Hall–Kier alpha value is -1.89. The van der Waals surface area contributed by atoms with Crippen molar-refractivity contribution in [3.8, 4) is 5.75 Å². The third-order valence-electron chi connectivity index (χ3n) is 7.64. The predicted octanol–water partition coefficient (Wildman–Crippen LogP) is 4.44. The van der Waals surface area contributed by atoms with Crippen LogP contribution in [0, 0.1) is 11.3 Å². The molecule has 202 valence electrons. The molecule has 1 aromatic carbocycles. The van der Waals surface area contributed by atoms with Crippen LogP contribution in [0.4, 0.5) is 8.78 Å². The number of alkyl halides is 2. The number of aliphatic hydroxyl groups excluding tert-OH is 1. The molecule has 2 atom stereocenters. The van der Waals surface area contributed by atoms with Crippen LogP contribution in [-0.2, 0) is 5.66 Å². The number of nitrogens with zero attached hydrogens (tertiary/aromatic N) is 1. The topological polar surface area (TPSA) is 108 Å². The molecular formula is C27H43F2N4O2P. The smallest absolute Gasteiger partial charge is 0.284 e. The minimum Gasteiger partial charge on any atom is -0.507 e. The Balaban J connectivity index is 0.00000176. The summed E-state index contributed by atoms with van der Waals surface area (Å²) in [5.74, 6) is 0.925. The number of benzene rings is 1. The monoisotopic (exact) mass is 524 g/mol. The lowest BCUT2D eigenvalue weighted by atomic mass is 9.50. The van der Waals surface area contributed by atoms with E-state index in [2.05, 4.69) is 10.2 Å². The first-order valence-corrected chi connectivity index (χ1v) is 13.6. The van der Waals surface area contributed by atoms with Crippen molar-refractivity contribution in [3.05, 3.63) is 46.8 Å². The largest absolute Gasteiger partial charge is 0.507 e. The van der Waals surface area contributed by atoms with Crippen LogP contribution in [0.25, 0.3) is 5.70 Å². The van der Waals surface area contributed by atoms with E-state index in [-0.39, 0.29) is 29.2 Å². The number of rotatable bonds is 7. The lowest BCUT2D eigenvalue weighted by molar-refractivity contribution is -0.116. The molecule has 1 aromatic rings. The minimum absolute atomic E-state index is 0.0747. The van der Waals surface area contributed by atoms with Gasteiger partial charge in [-0.05, 0) is 87.1 Å². The minimum atomic E-state index is -3.12. The highest BCUT2D eigenvalue weighted by Crippen LogP contribution is 2.58. The molecule has 1 saturated heterocycles. The van der Waals surface area contributed by atoms with Crippen LogP contribution < -0.4 is 16.8 Å². The molecule has 9 heteroatoms. The van der Waals surface area contributed by atoms with E-state index >= 15 is 0 Å². The van der Waals surface area contributed by atoms with Gasteiger partial charge in [0, 0.05) is 36.0 Å². The van der Waals surface area contributed by atoms with E-state index in [0.29, 0.717) is 22.4 Å². The summed E-state index contributed by atoms with van der Waals surface area (Å²) >= 11 is 0. The van der Waals surface area contributed by atoms with Gasteiger partial charge in [-0.25, -0.2) is 0 Å². The molecule has 6 nitrogen and oxygen atoms in total. The summed E-state index contributed by atoms with van der Waals surface area (Å²) in [5, 5.41) is 23.2.